The lowest BCUT2D eigenvalue weighted by molar-refractivity contribution is -0.196. The summed E-state index contributed by atoms with van der Waals surface area (Å²) in [6, 6.07) is 8.98. The molecule has 0 saturated carbocycles. The first-order valence-electron chi connectivity index (χ1n) is 12.0. The van der Waals surface area contributed by atoms with Gasteiger partial charge in [0.2, 0.25) is 5.28 Å². The van der Waals surface area contributed by atoms with E-state index in [1.165, 1.54) is 6.33 Å². The third-order valence-electron chi connectivity index (χ3n) is 5.48. The van der Waals surface area contributed by atoms with Crippen LogP contribution in [0.5, 0.6) is 0 Å². The van der Waals surface area contributed by atoms with Gasteiger partial charge in [-0.1, -0.05) is 30.3 Å². The van der Waals surface area contributed by atoms with Crippen molar-refractivity contribution >= 4 is 40.5 Å². The number of fused-ring (bicyclic) bond motifs is 1. The summed E-state index contributed by atoms with van der Waals surface area (Å²) in [4.78, 5) is 38.7. The lowest BCUT2D eigenvalue weighted by atomic mass is 9.94. The summed E-state index contributed by atoms with van der Waals surface area (Å²) >= 11 is 5.99. The molecule has 2 heterocycles. The Hall–Kier alpha value is -3.72. The maximum atomic E-state index is 13.2. The summed E-state index contributed by atoms with van der Waals surface area (Å²) in [5, 5.41) is -0.0536. The molecule has 0 spiro atoms. The molecule has 1 aromatic carbocycles. The predicted molar refractivity (Wildman–Crippen MR) is 140 cm³/mol. The molecule has 0 bridgehead atoms. The number of nitrogens with two attached hydrogens (primary N) is 1. The monoisotopic (exact) mass is 543 g/mol. The molecule has 2 atom stereocenters. The number of hydrogen-bond donors (Lipinski definition) is 1. The minimum absolute atomic E-state index is 0.0513. The van der Waals surface area contributed by atoms with Crippen molar-refractivity contribution < 1.29 is 28.5 Å². The molecular formula is C26H30ClN5O6. The first-order valence-corrected chi connectivity index (χ1v) is 12.4. The summed E-state index contributed by atoms with van der Waals surface area (Å²) in [5.74, 6) is 0.975. The normalized spacial score (nSPS) is 13.0. The summed E-state index contributed by atoms with van der Waals surface area (Å²) in [5.41, 5.74) is 5.24. The van der Waals surface area contributed by atoms with Gasteiger partial charge in [-0.2, -0.15) is 9.97 Å². The first-order chi connectivity index (χ1) is 18.2. The van der Waals surface area contributed by atoms with Crippen LogP contribution in [0.25, 0.3) is 11.2 Å². The Morgan fingerprint density at radius 3 is 2.42 bits per heavy atom. The van der Waals surface area contributed by atoms with Gasteiger partial charge in [-0.05, 0) is 37.9 Å². The number of rotatable bonds is 13. The number of carbonyl (C=O) groups excluding carboxylic acids is 2. The average molecular weight is 544 g/mol. The molecule has 2 N–H and O–H groups in total. The Kier molecular flexibility index (Phi) is 10.0. The average Bonchev–Trinajstić information content (AvgIpc) is 3.31. The van der Waals surface area contributed by atoms with Crippen molar-refractivity contribution in [1.82, 2.24) is 19.5 Å². The number of nitrogen functional groups attached to an aromatic ring is 1. The van der Waals surface area contributed by atoms with Crippen LogP contribution in [-0.4, -0.2) is 63.0 Å². The lowest BCUT2D eigenvalue weighted by Crippen LogP contribution is -2.54. The van der Waals surface area contributed by atoms with Crippen LogP contribution in [0.1, 0.15) is 39.0 Å². The second-order valence-corrected chi connectivity index (χ2v) is 8.59. The van der Waals surface area contributed by atoms with E-state index >= 15 is 0 Å². The van der Waals surface area contributed by atoms with Crippen molar-refractivity contribution in [3.8, 4) is 12.3 Å². The zero-order chi connectivity index (χ0) is 27.7. The molecule has 38 heavy (non-hydrogen) atoms. The first kappa shape index (κ1) is 28.8. The maximum absolute atomic E-state index is 13.2. The fraction of sp³-hybridized carbons (Fsp3) is 0.423. The predicted octanol–water partition coefficient (Wildman–Crippen LogP) is 3.11. The van der Waals surface area contributed by atoms with E-state index in [4.69, 9.17) is 42.7 Å². The number of benzene rings is 1. The minimum atomic E-state index is -2.04. The van der Waals surface area contributed by atoms with Gasteiger partial charge in [0.25, 0.3) is 5.60 Å². The van der Waals surface area contributed by atoms with Crippen LogP contribution in [0.4, 0.5) is 5.82 Å². The van der Waals surface area contributed by atoms with Gasteiger partial charge in [-0.15, -0.1) is 12.3 Å². The number of aromatic nitrogens is 4. The van der Waals surface area contributed by atoms with Crippen molar-refractivity contribution in [2.45, 2.75) is 51.5 Å². The van der Waals surface area contributed by atoms with Gasteiger partial charge < -0.3 is 24.7 Å². The van der Waals surface area contributed by atoms with E-state index in [1.54, 1.807) is 49.6 Å². The van der Waals surface area contributed by atoms with E-state index < -0.39 is 29.9 Å². The van der Waals surface area contributed by atoms with Gasteiger partial charge in [0.15, 0.2) is 11.5 Å². The van der Waals surface area contributed by atoms with Crippen molar-refractivity contribution in [3.63, 3.8) is 0 Å². The maximum Gasteiger partial charge on any atom is 0.350 e. The number of carbonyl (C=O) groups is 2. The highest BCUT2D eigenvalue weighted by atomic mass is 35.5. The number of imidazole rings is 1. The molecule has 0 fully saturated rings. The van der Waals surface area contributed by atoms with E-state index in [9.17, 15) is 9.59 Å². The third-order valence-corrected chi connectivity index (χ3v) is 5.65. The molecule has 0 aliphatic carbocycles. The second kappa shape index (κ2) is 13.2. The lowest BCUT2D eigenvalue weighted by Gasteiger charge is -2.31. The van der Waals surface area contributed by atoms with Crippen LogP contribution in [-0.2, 0) is 35.0 Å². The van der Waals surface area contributed by atoms with Crippen molar-refractivity contribution in [3.05, 3.63) is 47.5 Å². The molecule has 12 heteroatoms. The Morgan fingerprint density at radius 1 is 1.16 bits per heavy atom. The highest BCUT2D eigenvalue weighted by Gasteiger charge is 2.51. The van der Waals surface area contributed by atoms with Crippen molar-refractivity contribution in [1.29, 1.82) is 0 Å². The summed E-state index contributed by atoms with van der Waals surface area (Å²) in [6.45, 7) is 4.93. The van der Waals surface area contributed by atoms with E-state index in [0.29, 0.717) is 16.7 Å². The Morgan fingerprint density at radius 2 is 1.82 bits per heavy atom. The number of terminal acetylenes is 1. The third kappa shape index (κ3) is 6.58. The standard InChI is InChI=1S/C26H30ClN5O6/c1-5-11-19(32-16-29-20-21(28)30-25(27)31-22(20)32)38-17(4)15-37-26(23(33)35-6-2,24(34)36-7-3)14-18-12-9-8-10-13-18/h1,8-10,12-13,16-17,19H,6-7,11,14-15H2,2-4H3,(H2,28,30,31). The molecule has 11 nitrogen and oxygen atoms in total. The fourth-order valence-electron chi connectivity index (χ4n) is 3.78. The van der Waals surface area contributed by atoms with Crippen LogP contribution < -0.4 is 5.73 Å². The van der Waals surface area contributed by atoms with Gasteiger partial charge >= 0.3 is 11.9 Å². The van der Waals surface area contributed by atoms with Gasteiger partial charge in [0, 0.05) is 6.42 Å². The number of ether oxygens (including phenoxy) is 4. The van der Waals surface area contributed by atoms with E-state index in [-0.39, 0.29) is 43.8 Å². The van der Waals surface area contributed by atoms with Crippen LogP contribution >= 0.6 is 11.6 Å². The molecule has 202 valence electrons. The van der Waals surface area contributed by atoms with Crippen LogP contribution in [0.3, 0.4) is 0 Å². The molecule has 0 saturated heterocycles. The van der Waals surface area contributed by atoms with Crippen LogP contribution in [0.15, 0.2) is 36.7 Å². The van der Waals surface area contributed by atoms with Crippen molar-refractivity contribution in [2.75, 3.05) is 25.6 Å². The number of hydrogen-bond acceptors (Lipinski definition) is 10. The SMILES string of the molecule is C#CCC(OC(C)COC(Cc1ccccc1)(C(=O)OCC)C(=O)OCC)n1cnc2c(N)nc(Cl)nc21. The Bertz CT molecular complexity index is 1270. The summed E-state index contributed by atoms with van der Waals surface area (Å²) < 4.78 is 24.3. The number of anilines is 1. The molecule has 0 radical (unpaired) electrons. The van der Waals surface area contributed by atoms with Crippen LogP contribution in [0.2, 0.25) is 5.28 Å². The van der Waals surface area contributed by atoms with Gasteiger partial charge in [0.05, 0.1) is 38.7 Å². The Labute approximate surface area is 225 Å². The van der Waals surface area contributed by atoms with E-state index in [0.717, 1.165) is 0 Å². The molecule has 3 rings (SSSR count). The summed E-state index contributed by atoms with van der Waals surface area (Å²) in [6.07, 6.45) is 5.72. The van der Waals surface area contributed by atoms with Gasteiger partial charge in [-0.3, -0.25) is 4.57 Å². The topological polar surface area (TPSA) is 141 Å². The Balaban J connectivity index is 1.87. The smallest absolute Gasteiger partial charge is 0.350 e. The zero-order valence-electron chi connectivity index (χ0n) is 21.4. The molecular weight excluding hydrogens is 514 g/mol. The number of halogens is 1. The number of nitrogens with zero attached hydrogens (tertiary/aromatic N) is 4. The summed E-state index contributed by atoms with van der Waals surface area (Å²) in [7, 11) is 0. The quantitative estimate of drug-likeness (QED) is 0.148. The molecule has 0 aliphatic heterocycles. The second-order valence-electron chi connectivity index (χ2n) is 8.25. The van der Waals surface area contributed by atoms with E-state index in [1.807, 2.05) is 6.07 Å². The fourth-order valence-corrected chi connectivity index (χ4v) is 3.95. The molecule has 0 aliphatic rings. The van der Waals surface area contributed by atoms with Crippen molar-refractivity contribution in [2.24, 2.45) is 0 Å². The van der Waals surface area contributed by atoms with Gasteiger partial charge in [-0.25, -0.2) is 14.6 Å². The van der Waals surface area contributed by atoms with Gasteiger partial charge in [0.1, 0.15) is 11.7 Å². The molecule has 2 aromatic heterocycles. The molecule has 3 aromatic rings. The van der Waals surface area contributed by atoms with E-state index in [2.05, 4.69) is 20.9 Å². The number of esters is 2. The minimum Gasteiger partial charge on any atom is -0.463 e. The largest absolute Gasteiger partial charge is 0.463 e. The highest BCUT2D eigenvalue weighted by Crippen LogP contribution is 2.27. The molecule has 2 unspecified atom stereocenters. The zero-order valence-corrected chi connectivity index (χ0v) is 22.2. The van der Waals surface area contributed by atoms with Crippen LogP contribution in [0, 0.1) is 12.3 Å². The highest BCUT2D eigenvalue weighted by molar-refractivity contribution is 6.28. The molecule has 0 amide bonds.